The Labute approximate surface area is 206 Å². The number of nitrogens with two attached hydrogens (primary N) is 1. The van der Waals surface area contributed by atoms with Crippen molar-refractivity contribution < 1.29 is 0 Å². The minimum Gasteiger partial charge on any atom is -0.359 e. The monoisotopic (exact) mass is 462 g/mol. The molecule has 0 amide bonds. The third kappa shape index (κ3) is 6.94. The van der Waals surface area contributed by atoms with E-state index in [0.29, 0.717) is 17.5 Å². The second-order valence-electron chi connectivity index (χ2n) is 9.57. The van der Waals surface area contributed by atoms with E-state index in [1.807, 2.05) is 18.2 Å². The van der Waals surface area contributed by atoms with Gasteiger partial charge in [0, 0.05) is 29.5 Å². The van der Waals surface area contributed by atoms with Gasteiger partial charge in [0.15, 0.2) is 0 Å². The van der Waals surface area contributed by atoms with Crippen molar-refractivity contribution in [2.45, 2.75) is 77.8 Å². The van der Waals surface area contributed by atoms with Gasteiger partial charge in [-0.3, -0.25) is 0 Å². The number of allylic oxidation sites excluding steroid dienone is 1. The lowest BCUT2D eigenvalue weighted by molar-refractivity contribution is 0.289. The van der Waals surface area contributed by atoms with E-state index in [4.69, 9.17) is 10.7 Å². The van der Waals surface area contributed by atoms with E-state index >= 15 is 0 Å². The van der Waals surface area contributed by atoms with Crippen molar-refractivity contribution >= 4 is 17.2 Å². The predicted octanol–water partition coefficient (Wildman–Crippen LogP) is 5.24. The van der Waals surface area contributed by atoms with Crippen molar-refractivity contribution in [1.29, 1.82) is 5.26 Å². The summed E-state index contributed by atoms with van der Waals surface area (Å²) in [5.74, 6) is 1.57. The number of benzene rings is 1. The van der Waals surface area contributed by atoms with E-state index in [0.717, 1.165) is 67.4 Å². The Bertz CT molecular complexity index is 937. The topological polar surface area (TPSA) is 89.5 Å². The fourth-order valence-corrected chi connectivity index (χ4v) is 4.53. The molecule has 0 spiro atoms. The average molecular weight is 463 g/mol. The van der Waals surface area contributed by atoms with Crippen LogP contribution in [0.15, 0.2) is 41.5 Å². The lowest BCUT2D eigenvalue weighted by atomic mass is 10.0. The molecule has 1 aromatic rings. The summed E-state index contributed by atoms with van der Waals surface area (Å²) in [6, 6.07) is 8.75. The number of hydrogen-bond donors (Lipinski definition) is 3. The highest BCUT2D eigenvalue weighted by Crippen LogP contribution is 2.38. The van der Waals surface area contributed by atoms with E-state index in [2.05, 4.69) is 55.0 Å². The Morgan fingerprint density at radius 1 is 1.32 bits per heavy atom. The summed E-state index contributed by atoms with van der Waals surface area (Å²) >= 11 is 0. The van der Waals surface area contributed by atoms with Gasteiger partial charge in [-0.05, 0) is 88.7 Å². The summed E-state index contributed by atoms with van der Waals surface area (Å²) in [5, 5.41) is 16.7. The van der Waals surface area contributed by atoms with Gasteiger partial charge in [0.05, 0.1) is 23.4 Å². The highest BCUT2D eigenvalue weighted by molar-refractivity contribution is 5.91. The molecule has 2 atom stereocenters. The number of rotatable bonds is 14. The molecule has 2 aliphatic rings. The van der Waals surface area contributed by atoms with Crippen LogP contribution in [-0.4, -0.2) is 42.5 Å². The molecular formula is C28H42N6. The summed E-state index contributed by atoms with van der Waals surface area (Å²) in [7, 11) is 0. The van der Waals surface area contributed by atoms with E-state index < -0.39 is 0 Å². The first-order valence-electron chi connectivity index (χ1n) is 13.0. The predicted molar refractivity (Wildman–Crippen MR) is 144 cm³/mol. The molecule has 1 aromatic carbocycles. The van der Waals surface area contributed by atoms with Gasteiger partial charge in [-0.25, -0.2) is 4.99 Å². The second-order valence-corrected chi connectivity index (χ2v) is 9.57. The molecule has 6 heteroatoms. The number of nitriles is 1. The molecule has 34 heavy (non-hydrogen) atoms. The summed E-state index contributed by atoms with van der Waals surface area (Å²) in [6.45, 7) is 13.5. The van der Waals surface area contributed by atoms with Crippen LogP contribution in [0.4, 0.5) is 5.69 Å². The van der Waals surface area contributed by atoms with Crippen molar-refractivity contribution in [1.82, 2.24) is 10.2 Å². The molecule has 3 rings (SSSR count). The molecule has 1 aliphatic carbocycles. The minimum absolute atomic E-state index is 0.274. The number of nitrogens with one attached hydrogen (secondary N) is 2. The first-order chi connectivity index (χ1) is 16.5. The van der Waals surface area contributed by atoms with Crippen LogP contribution in [0.1, 0.15) is 76.8 Å². The zero-order valence-corrected chi connectivity index (χ0v) is 21.2. The molecule has 1 fully saturated rings. The molecule has 184 valence electrons. The first-order valence-corrected chi connectivity index (χ1v) is 13.0. The molecule has 0 bridgehead atoms. The van der Waals surface area contributed by atoms with E-state index in [-0.39, 0.29) is 6.04 Å². The SMILES string of the molecule is C=C(Nc1cc(C#N)ccc1C1=CC(CC)N(CC(CCCN)NCCCC)C(C)=N1)C1CC1. The molecule has 1 aliphatic heterocycles. The van der Waals surface area contributed by atoms with Crippen LogP contribution in [0.5, 0.6) is 0 Å². The molecule has 4 N–H and O–H groups in total. The Balaban J connectivity index is 1.82. The molecular weight excluding hydrogens is 420 g/mol. The fourth-order valence-electron chi connectivity index (χ4n) is 4.53. The second kappa shape index (κ2) is 12.7. The van der Waals surface area contributed by atoms with Crippen molar-refractivity contribution in [3.8, 4) is 6.07 Å². The van der Waals surface area contributed by atoms with Crippen LogP contribution in [0.25, 0.3) is 5.70 Å². The maximum atomic E-state index is 9.44. The molecule has 2 unspecified atom stereocenters. The quantitative estimate of drug-likeness (QED) is 0.329. The van der Waals surface area contributed by atoms with Crippen LogP contribution in [0.2, 0.25) is 0 Å². The lowest BCUT2D eigenvalue weighted by Crippen LogP contribution is -2.48. The van der Waals surface area contributed by atoms with Crippen molar-refractivity contribution in [3.05, 3.63) is 47.7 Å². The Morgan fingerprint density at radius 3 is 2.76 bits per heavy atom. The molecule has 0 aromatic heterocycles. The molecule has 1 saturated carbocycles. The average Bonchev–Trinajstić information content (AvgIpc) is 3.69. The third-order valence-electron chi connectivity index (χ3n) is 6.79. The molecule has 0 radical (unpaired) electrons. The standard InChI is InChI=1S/C28H42N6/c1-5-7-15-31-24(9-8-14-29)19-34-21(4)33-28(17-25(34)6-2)26-13-10-22(18-30)16-27(26)32-20(3)23-11-12-23/h10,13,16-17,23-25,31-32H,3,5-9,11-12,14-15,19,29H2,1-2,4H3. The van der Waals surface area contributed by atoms with Gasteiger partial charge in [0.2, 0.25) is 0 Å². The maximum absolute atomic E-state index is 9.44. The van der Waals surface area contributed by atoms with Crippen LogP contribution >= 0.6 is 0 Å². The number of hydrogen-bond acceptors (Lipinski definition) is 6. The van der Waals surface area contributed by atoms with E-state index in [1.165, 1.54) is 25.7 Å². The summed E-state index contributed by atoms with van der Waals surface area (Å²) < 4.78 is 0. The van der Waals surface area contributed by atoms with Crippen LogP contribution in [0.3, 0.4) is 0 Å². The van der Waals surface area contributed by atoms with Gasteiger partial charge in [-0.2, -0.15) is 5.26 Å². The number of anilines is 1. The van der Waals surface area contributed by atoms with Gasteiger partial charge < -0.3 is 21.3 Å². The van der Waals surface area contributed by atoms with Crippen molar-refractivity contribution in [3.63, 3.8) is 0 Å². The van der Waals surface area contributed by atoms with Gasteiger partial charge in [0.1, 0.15) is 5.84 Å². The highest BCUT2D eigenvalue weighted by Gasteiger charge is 2.27. The lowest BCUT2D eigenvalue weighted by Gasteiger charge is -2.37. The van der Waals surface area contributed by atoms with Gasteiger partial charge in [-0.1, -0.05) is 26.8 Å². The normalized spacial score (nSPS) is 18.7. The zero-order chi connectivity index (χ0) is 24.5. The third-order valence-corrected chi connectivity index (χ3v) is 6.79. The van der Waals surface area contributed by atoms with Gasteiger partial charge >= 0.3 is 0 Å². The maximum Gasteiger partial charge on any atom is 0.102 e. The number of amidine groups is 1. The molecule has 6 nitrogen and oxygen atoms in total. The summed E-state index contributed by atoms with van der Waals surface area (Å²) in [4.78, 5) is 7.48. The minimum atomic E-state index is 0.274. The number of nitrogens with zero attached hydrogens (tertiary/aromatic N) is 3. The van der Waals surface area contributed by atoms with Gasteiger partial charge in [0.25, 0.3) is 0 Å². The summed E-state index contributed by atoms with van der Waals surface area (Å²) in [5.41, 5.74) is 10.4. The van der Waals surface area contributed by atoms with Crippen molar-refractivity contribution in [2.24, 2.45) is 16.6 Å². The largest absolute Gasteiger partial charge is 0.359 e. The molecule has 0 saturated heterocycles. The Morgan fingerprint density at radius 2 is 2.12 bits per heavy atom. The smallest absolute Gasteiger partial charge is 0.102 e. The van der Waals surface area contributed by atoms with Gasteiger partial charge in [-0.15, -0.1) is 0 Å². The van der Waals surface area contributed by atoms with Crippen LogP contribution in [-0.2, 0) is 0 Å². The number of unbranched alkanes of at least 4 members (excludes halogenated alkanes) is 1. The Kier molecular flexibility index (Phi) is 9.74. The fraction of sp³-hybridized carbons (Fsp3) is 0.571. The van der Waals surface area contributed by atoms with E-state index in [9.17, 15) is 5.26 Å². The Hall–Kier alpha value is -2.62. The highest BCUT2D eigenvalue weighted by atomic mass is 15.2. The zero-order valence-electron chi connectivity index (χ0n) is 21.2. The molecule has 1 heterocycles. The summed E-state index contributed by atoms with van der Waals surface area (Å²) in [6.07, 6.45) is 10.1. The van der Waals surface area contributed by atoms with Crippen LogP contribution < -0.4 is 16.4 Å². The van der Waals surface area contributed by atoms with Crippen LogP contribution in [0, 0.1) is 17.2 Å². The number of aliphatic imine (C=N–C) groups is 1. The van der Waals surface area contributed by atoms with E-state index in [1.54, 1.807) is 0 Å². The van der Waals surface area contributed by atoms with Crippen molar-refractivity contribution in [2.75, 3.05) is 25.0 Å². The first kappa shape index (κ1) is 26.0.